The van der Waals surface area contributed by atoms with Crippen molar-refractivity contribution in [2.45, 2.75) is 18.7 Å². The summed E-state index contributed by atoms with van der Waals surface area (Å²) in [6.45, 7) is 0. The lowest BCUT2D eigenvalue weighted by molar-refractivity contribution is -0.0203. The number of nitrogens with zero attached hydrogens (tertiary/aromatic N) is 2. The highest BCUT2D eigenvalue weighted by Crippen LogP contribution is 2.48. The van der Waals surface area contributed by atoms with Crippen LogP contribution in [0.2, 0.25) is 0 Å². The summed E-state index contributed by atoms with van der Waals surface area (Å²) in [5.41, 5.74) is 2.95. The number of phenolic OH excluding ortho intramolecular Hbond substituents is 1. The van der Waals surface area contributed by atoms with Gasteiger partial charge in [0.15, 0.2) is 0 Å². The number of fused-ring (bicyclic) bond motifs is 3. The number of hydrogen-bond donors (Lipinski definition) is 1. The van der Waals surface area contributed by atoms with Crippen molar-refractivity contribution in [3.63, 3.8) is 0 Å². The van der Waals surface area contributed by atoms with Gasteiger partial charge < -0.3 is 9.84 Å². The smallest absolute Gasteiger partial charge is 0.217 e. The molecule has 0 aliphatic carbocycles. The molecule has 0 radical (unpaired) electrons. The van der Waals surface area contributed by atoms with Gasteiger partial charge >= 0.3 is 0 Å². The first-order chi connectivity index (χ1) is 12.3. The van der Waals surface area contributed by atoms with Crippen LogP contribution in [0.4, 0.5) is 0 Å². The predicted octanol–water partition coefficient (Wildman–Crippen LogP) is 4.70. The summed E-state index contributed by atoms with van der Waals surface area (Å²) in [6.07, 6.45) is 0.406. The van der Waals surface area contributed by atoms with Crippen LogP contribution in [0.25, 0.3) is 0 Å². The Morgan fingerprint density at radius 2 is 1.80 bits per heavy atom. The number of benzene rings is 2. The lowest BCUT2D eigenvalue weighted by Gasteiger charge is -2.38. The predicted molar refractivity (Wildman–Crippen MR) is 98.0 cm³/mol. The second kappa shape index (κ2) is 5.63. The number of para-hydroxylation sites is 2. The van der Waals surface area contributed by atoms with Crippen LogP contribution >= 0.6 is 11.3 Å². The van der Waals surface area contributed by atoms with E-state index < -0.39 is 6.23 Å². The van der Waals surface area contributed by atoms with Crippen LogP contribution in [0, 0.1) is 0 Å². The van der Waals surface area contributed by atoms with E-state index >= 15 is 0 Å². The van der Waals surface area contributed by atoms with Gasteiger partial charge in [0, 0.05) is 12.0 Å². The summed E-state index contributed by atoms with van der Waals surface area (Å²) in [5.74, 6) is 1.09. The maximum absolute atomic E-state index is 10.3. The lowest BCUT2D eigenvalue weighted by Crippen LogP contribution is -2.33. The van der Waals surface area contributed by atoms with Crippen LogP contribution in [0.15, 0.2) is 71.1 Å². The number of rotatable bonds is 2. The molecular weight excluding hydrogens is 332 g/mol. The average Bonchev–Trinajstić information content (AvgIpc) is 3.31. The molecule has 0 saturated carbocycles. The van der Waals surface area contributed by atoms with Crippen molar-refractivity contribution < 1.29 is 9.84 Å². The van der Waals surface area contributed by atoms with Crippen LogP contribution in [0.5, 0.6) is 11.5 Å². The molecule has 0 spiro atoms. The van der Waals surface area contributed by atoms with Gasteiger partial charge in [-0.1, -0.05) is 36.4 Å². The van der Waals surface area contributed by atoms with Gasteiger partial charge in [0.1, 0.15) is 11.5 Å². The quantitative estimate of drug-likeness (QED) is 0.730. The molecule has 5 rings (SSSR count). The average molecular weight is 348 g/mol. The van der Waals surface area contributed by atoms with Crippen molar-refractivity contribution in [1.29, 1.82) is 0 Å². The zero-order valence-electron chi connectivity index (χ0n) is 13.4. The highest BCUT2D eigenvalue weighted by atomic mass is 32.1. The second-order valence-electron chi connectivity index (χ2n) is 6.19. The largest absolute Gasteiger partial charge is 0.507 e. The van der Waals surface area contributed by atoms with Crippen LogP contribution in [0.3, 0.4) is 0 Å². The molecule has 2 atom stereocenters. The molecule has 2 aliphatic rings. The molecule has 1 aromatic heterocycles. The van der Waals surface area contributed by atoms with Crippen LogP contribution in [0.1, 0.15) is 34.7 Å². The summed E-state index contributed by atoms with van der Waals surface area (Å²) in [7, 11) is 0. The van der Waals surface area contributed by atoms with Crippen LogP contribution < -0.4 is 4.74 Å². The van der Waals surface area contributed by atoms with E-state index in [0.717, 1.165) is 29.0 Å². The maximum Gasteiger partial charge on any atom is 0.217 e. The third-order valence-electron chi connectivity index (χ3n) is 4.71. The molecule has 2 aliphatic heterocycles. The molecule has 3 aromatic rings. The first-order valence-electron chi connectivity index (χ1n) is 8.24. The number of ether oxygens (including phenoxy) is 1. The van der Waals surface area contributed by atoms with Gasteiger partial charge in [0.05, 0.1) is 22.2 Å². The minimum atomic E-state index is -0.432. The van der Waals surface area contributed by atoms with E-state index in [-0.39, 0.29) is 11.8 Å². The number of thiophene rings is 1. The highest BCUT2D eigenvalue weighted by molar-refractivity contribution is 7.12. The molecule has 0 saturated heterocycles. The lowest BCUT2D eigenvalue weighted by atomic mass is 9.97. The van der Waals surface area contributed by atoms with Crippen molar-refractivity contribution in [3.05, 3.63) is 82.0 Å². The third-order valence-corrected chi connectivity index (χ3v) is 5.63. The van der Waals surface area contributed by atoms with E-state index in [1.807, 2.05) is 47.5 Å². The number of aromatic hydroxyl groups is 1. The number of hydrazone groups is 1. The van der Waals surface area contributed by atoms with E-state index in [2.05, 4.69) is 17.5 Å². The zero-order chi connectivity index (χ0) is 16.8. The first-order valence-corrected chi connectivity index (χ1v) is 9.12. The van der Waals surface area contributed by atoms with E-state index in [1.54, 1.807) is 17.4 Å². The molecule has 2 aromatic carbocycles. The molecule has 0 bridgehead atoms. The van der Waals surface area contributed by atoms with Gasteiger partial charge in [0.25, 0.3) is 0 Å². The van der Waals surface area contributed by atoms with Gasteiger partial charge in [-0.05, 0) is 29.6 Å². The standard InChI is InChI=1S/C20H16N2O2S/c23-17-8-3-1-7-14(17)20-22-16(13-6-2-4-9-18(13)24-20)12-15(21-22)19-10-5-11-25-19/h1-11,16,20,23H,12H2/t16-,20+/m0/s1. The number of hydrogen-bond acceptors (Lipinski definition) is 5. The minimum Gasteiger partial charge on any atom is -0.507 e. The molecule has 0 amide bonds. The van der Waals surface area contributed by atoms with Gasteiger partial charge in [-0.3, -0.25) is 0 Å². The Morgan fingerprint density at radius 1 is 1.00 bits per heavy atom. The van der Waals surface area contributed by atoms with Crippen molar-refractivity contribution in [2.24, 2.45) is 5.10 Å². The Bertz CT molecular complexity index is 952. The molecular formula is C20H16N2O2S. The summed E-state index contributed by atoms with van der Waals surface area (Å²) < 4.78 is 6.24. The molecule has 5 heteroatoms. The normalized spacial score (nSPS) is 21.3. The zero-order valence-corrected chi connectivity index (χ0v) is 14.2. The van der Waals surface area contributed by atoms with E-state index in [9.17, 15) is 5.11 Å². The molecule has 1 N–H and O–H groups in total. The van der Waals surface area contributed by atoms with E-state index in [1.165, 1.54) is 4.88 Å². The van der Waals surface area contributed by atoms with Crippen molar-refractivity contribution >= 4 is 17.0 Å². The van der Waals surface area contributed by atoms with Gasteiger partial charge in [-0.25, -0.2) is 5.01 Å². The van der Waals surface area contributed by atoms with E-state index in [0.29, 0.717) is 0 Å². The van der Waals surface area contributed by atoms with Crippen molar-refractivity contribution in [3.8, 4) is 11.5 Å². The van der Waals surface area contributed by atoms with Crippen LogP contribution in [-0.2, 0) is 0 Å². The Labute approximate surface area is 149 Å². The summed E-state index contributed by atoms with van der Waals surface area (Å²) in [6, 6.07) is 19.7. The number of phenols is 1. The maximum atomic E-state index is 10.3. The Kier molecular flexibility index (Phi) is 3.28. The molecule has 124 valence electrons. The van der Waals surface area contributed by atoms with Gasteiger partial charge in [0.2, 0.25) is 6.23 Å². The Morgan fingerprint density at radius 3 is 2.60 bits per heavy atom. The SMILES string of the molecule is Oc1ccccc1[C@H]1Oc2ccccc2[C@@H]2CC(c3cccs3)=NN12. The molecule has 3 heterocycles. The fourth-order valence-corrected chi connectivity index (χ4v) is 4.25. The second-order valence-corrected chi connectivity index (χ2v) is 7.14. The monoisotopic (exact) mass is 348 g/mol. The topological polar surface area (TPSA) is 45.1 Å². The van der Waals surface area contributed by atoms with E-state index in [4.69, 9.17) is 9.84 Å². The van der Waals surface area contributed by atoms with Crippen molar-refractivity contribution in [1.82, 2.24) is 5.01 Å². The summed E-state index contributed by atoms with van der Waals surface area (Å²) >= 11 is 1.70. The Hall–Kier alpha value is -2.79. The van der Waals surface area contributed by atoms with Crippen LogP contribution in [-0.4, -0.2) is 15.8 Å². The molecule has 4 nitrogen and oxygen atoms in total. The first kappa shape index (κ1) is 14.5. The van der Waals surface area contributed by atoms with Crippen molar-refractivity contribution in [2.75, 3.05) is 0 Å². The summed E-state index contributed by atoms with van der Waals surface area (Å²) in [4.78, 5) is 1.18. The molecule has 25 heavy (non-hydrogen) atoms. The van der Waals surface area contributed by atoms with Gasteiger partial charge in [-0.15, -0.1) is 11.3 Å². The third kappa shape index (κ3) is 2.31. The fourth-order valence-electron chi connectivity index (χ4n) is 3.53. The molecule has 0 unspecified atom stereocenters. The fraction of sp³-hybridized carbons (Fsp3) is 0.150. The minimum absolute atomic E-state index is 0.117. The Balaban J connectivity index is 1.63. The molecule has 0 fully saturated rings. The highest BCUT2D eigenvalue weighted by Gasteiger charge is 2.41. The summed E-state index contributed by atoms with van der Waals surface area (Å²) in [5, 5.41) is 19.3. The van der Waals surface area contributed by atoms with Gasteiger partial charge in [-0.2, -0.15) is 5.10 Å².